The van der Waals surface area contributed by atoms with Crippen LogP contribution in [0.5, 0.6) is 0 Å². The van der Waals surface area contributed by atoms with Gasteiger partial charge in [-0.25, -0.2) is 19.7 Å². The smallest absolute Gasteiger partial charge is 0.326 e. The zero-order chi connectivity index (χ0) is 21.4. The molecule has 0 aliphatic rings. The van der Waals surface area contributed by atoms with Crippen molar-refractivity contribution in [2.24, 2.45) is 0 Å². The molecular formula is C22H22N8O. The lowest BCUT2D eigenvalue weighted by Gasteiger charge is -2.11. The minimum absolute atomic E-state index is 0.129. The molecule has 4 heterocycles. The van der Waals surface area contributed by atoms with Gasteiger partial charge in [-0.1, -0.05) is 12.1 Å². The molecule has 0 amide bonds. The van der Waals surface area contributed by atoms with Crippen molar-refractivity contribution in [1.29, 1.82) is 0 Å². The van der Waals surface area contributed by atoms with Gasteiger partial charge in [0.15, 0.2) is 17.3 Å². The lowest BCUT2D eigenvalue weighted by molar-refractivity contribution is 0.613. The molecule has 0 saturated heterocycles. The predicted octanol–water partition coefficient (Wildman–Crippen LogP) is 3.22. The van der Waals surface area contributed by atoms with Gasteiger partial charge in [0, 0.05) is 37.1 Å². The summed E-state index contributed by atoms with van der Waals surface area (Å²) >= 11 is 0. The van der Waals surface area contributed by atoms with Crippen molar-refractivity contribution in [1.82, 2.24) is 34.1 Å². The first-order valence-corrected chi connectivity index (χ1v) is 10.2. The number of rotatable bonds is 6. The third-order valence-electron chi connectivity index (χ3n) is 5.21. The first-order valence-electron chi connectivity index (χ1n) is 10.2. The summed E-state index contributed by atoms with van der Waals surface area (Å²) < 4.78 is 3.74. The van der Waals surface area contributed by atoms with E-state index >= 15 is 0 Å². The minimum atomic E-state index is -0.129. The van der Waals surface area contributed by atoms with Gasteiger partial charge in [0.2, 0.25) is 0 Å². The SMILES string of the molecule is CC(C)n1cnc2c(NCCn3c(=O)[nH]c4ccccc43)nc(-c3cccnc3)nc21. The van der Waals surface area contributed by atoms with Crippen LogP contribution in [0.4, 0.5) is 5.82 Å². The van der Waals surface area contributed by atoms with Crippen molar-refractivity contribution < 1.29 is 0 Å². The molecule has 0 fully saturated rings. The summed E-state index contributed by atoms with van der Waals surface area (Å²) in [6.45, 7) is 5.17. The average molecular weight is 414 g/mol. The summed E-state index contributed by atoms with van der Waals surface area (Å²) in [5.41, 5.74) is 3.87. The Morgan fingerprint density at radius 1 is 1.13 bits per heavy atom. The Morgan fingerprint density at radius 3 is 2.81 bits per heavy atom. The van der Waals surface area contributed by atoms with Crippen LogP contribution >= 0.6 is 0 Å². The first kappa shape index (κ1) is 19.0. The number of imidazole rings is 2. The zero-order valence-electron chi connectivity index (χ0n) is 17.3. The Kier molecular flexibility index (Phi) is 4.70. The Morgan fingerprint density at radius 2 is 2.00 bits per heavy atom. The maximum absolute atomic E-state index is 12.3. The Bertz CT molecular complexity index is 1410. The second kappa shape index (κ2) is 7.67. The van der Waals surface area contributed by atoms with Crippen molar-refractivity contribution in [3.8, 4) is 11.4 Å². The molecule has 9 nitrogen and oxygen atoms in total. The van der Waals surface area contributed by atoms with E-state index < -0.39 is 0 Å². The van der Waals surface area contributed by atoms with Gasteiger partial charge in [0.25, 0.3) is 0 Å². The van der Waals surface area contributed by atoms with Crippen LogP contribution in [-0.2, 0) is 6.54 Å². The van der Waals surface area contributed by atoms with E-state index in [-0.39, 0.29) is 11.7 Å². The van der Waals surface area contributed by atoms with Gasteiger partial charge in [0.05, 0.1) is 17.4 Å². The van der Waals surface area contributed by atoms with E-state index in [2.05, 4.69) is 34.1 Å². The number of hydrogen-bond donors (Lipinski definition) is 2. The molecule has 0 aliphatic heterocycles. The predicted molar refractivity (Wildman–Crippen MR) is 120 cm³/mol. The molecule has 1 aromatic carbocycles. The number of nitrogens with one attached hydrogen (secondary N) is 2. The molecule has 5 rings (SSSR count). The van der Waals surface area contributed by atoms with Crippen molar-refractivity contribution in [3.63, 3.8) is 0 Å². The molecule has 9 heteroatoms. The number of pyridine rings is 1. The molecule has 0 bridgehead atoms. The molecular weight excluding hydrogens is 392 g/mol. The number of benzene rings is 1. The fourth-order valence-corrected chi connectivity index (χ4v) is 3.66. The number of para-hydroxylation sites is 2. The fourth-order valence-electron chi connectivity index (χ4n) is 3.66. The lowest BCUT2D eigenvalue weighted by Crippen LogP contribution is -2.21. The van der Waals surface area contributed by atoms with Crippen LogP contribution in [0.25, 0.3) is 33.6 Å². The monoisotopic (exact) mass is 414 g/mol. The normalized spacial score (nSPS) is 11.6. The summed E-state index contributed by atoms with van der Waals surface area (Å²) in [5, 5.41) is 3.36. The Balaban J connectivity index is 1.50. The van der Waals surface area contributed by atoms with Gasteiger partial charge in [-0.3, -0.25) is 9.55 Å². The molecule has 0 radical (unpaired) electrons. The molecule has 0 atom stereocenters. The molecule has 0 saturated carbocycles. The highest BCUT2D eigenvalue weighted by molar-refractivity contribution is 5.85. The molecule has 5 aromatic rings. The number of aromatic nitrogens is 7. The van der Waals surface area contributed by atoms with E-state index in [9.17, 15) is 4.79 Å². The number of fused-ring (bicyclic) bond motifs is 2. The summed E-state index contributed by atoms with van der Waals surface area (Å²) in [6.07, 6.45) is 5.25. The fraction of sp³-hybridized carbons (Fsp3) is 0.227. The van der Waals surface area contributed by atoms with Crippen LogP contribution in [0.2, 0.25) is 0 Å². The topological polar surface area (TPSA) is 106 Å². The third-order valence-corrected chi connectivity index (χ3v) is 5.21. The van der Waals surface area contributed by atoms with E-state index in [1.165, 1.54) is 0 Å². The summed E-state index contributed by atoms with van der Waals surface area (Å²) in [4.78, 5) is 33.4. The van der Waals surface area contributed by atoms with Gasteiger partial charge in [0.1, 0.15) is 5.52 Å². The molecule has 0 unspecified atom stereocenters. The maximum Gasteiger partial charge on any atom is 0.326 e. The van der Waals surface area contributed by atoms with Gasteiger partial charge in [-0.05, 0) is 38.1 Å². The molecule has 156 valence electrons. The second-order valence-electron chi connectivity index (χ2n) is 7.58. The van der Waals surface area contributed by atoms with Crippen LogP contribution in [0, 0.1) is 0 Å². The van der Waals surface area contributed by atoms with E-state index in [1.54, 1.807) is 23.3 Å². The van der Waals surface area contributed by atoms with Crippen molar-refractivity contribution in [2.75, 3.05) is 11.9 Å². The highest BCUT2D eigenvalue weighted by Crippen LogP contribution is 2.25. The Hall–Kier alpha value is -4.01. The van der Waals surface area contributed by atoms with Crippen LogP contribution < -0.4 is 11.0 Å². The largest absolute Gasteiger partial charge is 0.366 e. The van der Waals surface area contributed by atoms with Crippen molar-refractivity contribution in [3.05, 3.63) is 65.6 Å². The van der Waals surface area contributed by atoms with Crippen molar-refractivity contribution in [2.45, 2.75) is 26.4 Å². The summed E-state index contributed by atoms with van der Waals surface area (Å²) in [6, 6.07) is 11.7. The molecule has 2 N–H and O–H groups in total. The number of nitrogens with zero attached hydrogens (tertiary/aromatic N) is 6. The zero-order valence-corrected chi connectivity index (χ0v) is 17.3. The van der Waals surface area contributed by atoms with E-state index in [0.29, 0.717) is 30.2 Å². The second-order valence-corrected chi connectivity index (χ2v) is 7.58. The quantitative estimate of drug-likeness (QED) is 0.442. The Labute approximate surface area is 177 Å². The van der Waals surface area contributed by atoms with Crippen LogP contribution in [0.3, 0.4) is 0 Å². The highest BCUT2D eigenvalue weighted by atomic mass is 16.1. The molecule has 4 aromatic heterocycles. The van der Waals surface area contributed by atoms with Crippen LogP contribution in [0.1, 0.15) is 19.9 Å². The number of hydrogen-bond acceptors (Lipinski definition) is 6. The standard InChI is InChI=1S/C22H22N8O/c1-14(2)30-13-25-18-20(27-19(28-21(18)30)15-6-5-9-23-12-15)24-10-11-29-17-8-4-3-7-16(17)26-22(29)31/h3-9,12-14H,10-11H2,1-2H3,(H,26,31)(H,24,27,28). The first-order chi connectivity index (χ1) is 15.1. The number of aromatic amines is 1. The van der Waals surface area contributed by atoms with E-state index in [4.69, 9.17) is 9.97 Å². The van der Waals surface area contributed by atoms with Crippen LogP contribution in [0.15, 0.2) is 59.9 Å². The molecule has 0 aliphatic carbocycles. The van der Waals surface area contributed by atoms with Gasteiger partial charge in [-0.2, -0.15) is 0 Å². The molecule has 0 spiro atoms. The average Bonchev–Trinajstić information content (AvgIpc) is 3.35. The summed E-state index contributed by atoms with van der Waals surface area (Å²) in [7, 11) is 0. The van der Waals surface area contributed by atoms with Gasteiger partial charge in [-0.15, -0.1) is 0 Å². The molecule has 31 heavy (non-hydrogen) atoms. The number of anilines is 1. The minimum Gasteiger partial charge on any atom is -0.366 e. The maximum atomic E-state index is 12.3. The van der Waals surface area contributed by atoms with Gasteiger partial charge >= 0.3 is 5.69 Å². The third kappa shape index (κ3) is 3.43. The van der Waals surface area contributed by atoms with E-state index in [1.807, 2.05) is 41.0 Å². The van der Waals surface area contributed by atoms with Crippen LogP contribution in [-0.4, -0.2) is 40.6 Å². The lowest BCUT2D eigenvalue weighted by atomic mass is 10.2. The highest BCUT2D eigenvalue weighted by Gasteiger charge is 2.16. The van der Waals surface area contributed by atoms with Crippen molar-refractivity contribution >= 4 is 28.0 Å². The summed E-state index contributed by atoms with van der Waals surface area (Å²) in [5.74, 6) is 1.21. The van der Waals surface area contributed by atoms with Gasteiger partial charge < -0.3 is 14.9 Å². The van der Waals surface area contributed by atoms with E-state index in [0.717, 1.165) is 22.2 Å². The number of H-pyrrole nitrogens is 1.